The summed E-state index contributed by atoms with van der Waals surface area (Å²) in [5, 5.41) is 3.24. The van der Waals surface area contributed by atoms with Gasteiger partial charge in [-0.3, -0.25) is 14.7 Å². The van der Waals surface area contributed by atoms with Gasteiger partial charge in [0, 0.05) is 36.1 Å². The summed E-state index contributed by atoms with van der Waals surface area (Å²) in [6.07, 6.45) is 6.34. The molecule has 4 rings (SSSR count). The number of nitrogens with zero attached hydrogens (tertiary/aromatic N) is 4. The summed E-state index contributed by atoms with van der Waals surface area (Å²) in [7, 11) is 0. The summed E-state index contributed by atoms with van der Waals surface area (Å²) < 4.78 is 13.1. The molecule has 0 aromatic carbocycles. The molecule has 6 nitrogen and oxygen atoms in total. The van der Waals surface area contributed by atoms with Gasteiger partial charge in [-0.05, 0) is 76.4 Å². The van der Waals surface area contributed by atoms with Crippen LogP contribution in [0.15, 0.2) is 30.5 Å². The third-order valence-electron chi connectivity index (χ3n) is 6.45. The van der Waals surface area contributed by atoms with E-state index in [1.807, 2.05) is 13.0 Å². The smallest absolute Gasteiger partial charge is 0.239 e. The van der Waals surface area contributed by atoms with E-state index in [-0.39, 0.29) is 11.9 Å². The third-order valence-corrected chi connectivity index (χ3v) is 6.45. The van der Waals surface area contributed by atoms with E-state index in [2.05, 4.69) is 33.1 Å². The number of aryl methyl sites for hydroxylation is 1. The third kappa shape index (κ3) is 5.21. The van der Waals surface area contributed by atoms with E-state index in [1.165, 1.54) is 25.1 Å². The summed E-state index contributed by atoms with van der Waals surface area (Å²) in [6.45, 7) is 7.76. The van der Waals surface area contributed by atoms with Crippen LogP contribution in [0.4, 0.5) is 15.9 Å². The lowest BCUT2D eigenvalue weighted by atomic mass is 9.92. The zero-order chi connectivity index (χ0) is 21.8. The molecule has 0 unspecified atom stereocenters. The quantitative estimate of drug-likeness (QED) is 0.750. The van der Waals surface area contributed by atoms with Gasteiger partial charge in [0.1, 0.15) is 11.6 Å². The number of amides is 1. The standard InChI is InChI=1S/C24H32FN5O/c1-3-22(29-10-4-5-11-29)24(31)30-12-8-18(9-13-30)21-15-20(14-17(2)27-21)28-23-7-6-19(25)16-26-23/h6-7,14-16,18,22H,3-5,8-13H2,1-2H3,(H,26,27,28)/t22-/m0/s1. The average Bonchev–Trinajstić information content (AvgIpc) is 3.30. The van der Waals surface area contributed by atoms with Crippen molar-refractivity contribution in [3.05, 3.63) is 47.7 Å². The lowest BCUT2D eigenvalue weighted by Crippen LogP contribution is -2.49. The van der Waals surface area contributed by atoms with E-state index in [4.69, 9.17) is 4.98 Å². The normalized spacial score (nSPS) is 18.9. The van der Waals surface area contributed by atoms with Crippen molar-refractivity contribution in [2.24, 2.45) is 0 Å². The van der Waals surface area contributed by atoms with E-state index in [1.54, 1.807) is 6.07 Å². The first-order valence-corrected chi connectivity index (χ1v) is 11.4. The molecule has 1 amide bonds. The number of anilines is 2. The average molecular weight is 426 g/mol. The number of hydrogen-bond acceptors (Lipinski definition) is 5. The number of piperidine rings is 1. The van der Waals surface area contributed by atoms with Gasteiger partial charge in [-0.2, -0.15) is 0 Å². The van der Waals surface area contributed by atoms with Gasteiger partial charge in [0.25, 0.3) is 0 Å². The SMILES string of the molecule is CC[C@@H](C(=O)N1CCC(c2cc(Nc3ccc(F)cn3)cc(C)n2)CC1)N1CCCC1. The topological polar surface area (TPSA) is 61.4 Å². The van der Waals surface area contributed by atoms with Crippen molar-refractivity contribution in [1.82, 2.24) is 19.8 Å². The van der Waals surface area contributed by atoms with Crippen molar-refractivity contribution in [2.75, 3.05) is 31.5 Å². The molecule has 4 heterocycles. The second kappa shape index (κ2) is 9.73. The highest BCUT2D eigenvalue weighted by Gasteiger charge is 2.32. The molecule has 166 valence electrons. The van der Waals surface area contributed by atoms with Crippen molar-refractivity contribution in [3.63, 3.8) is 0 Å². The summed E-state index contributed by atoms with van der Waals surface area (Å²) in [5.41, 5.74) is 2.88. The Morgan fingerprint density at radius 3 is 2.58 bits per heavy atom. The van der Waals surface area contributed by atoms with Crippen molar-refractivity contribution >= 4 is 17.4 Å². The number of likely N-dealkylation sites (tertiary alicyclic amines) is 2. The highest BCUT2D eigenvalue weighted by molar-refractivity contribution is 5.82. The number of aromatic nitrogens is 2. The Morgan fingerprint density at radius 2 is 1.94 bits per heavy atom. The van der Waals surface area contributed by atoms with Crippen molar-refractivity contribution in [3.8, 4) is 0 Å². The molecule has 0 aliphatic carbocycles. The van der Waals surface area contributed by atoms with E-state index in [0.29, 0.717) is 17.6 Å². The van der Waals surface area contributed by atoms with Crippen molar-refractivity contribution in [1.29, 1.82) is 0 Å². The predicted octanol–water partition coefficient (Wildman–Crippen LogP) is 4.25. The second-order valence-corrected chi connectivity index (χ2v) is 8.68. The number of pyridine rings is 2. The minimum Gasteiger partial charge on any atom is -0.341 e. The Balaban J connectivity index is 1.39. The molecule has 2 aromatic rings. The molecule has 0 spiro atoms. The maximum absolute atomic E-state index is 13.1. The molecule has 2 fully saturated rings. The lowest BCUT2D eigenvalue weighted by molar-refractivity contribution is -0.137. The number of rotatable bonds is 6. The van der Waals surface area contributed by atoms with Gasteiger partial charge < -0.3 is 10.2 Å². The monoisotopic (exact) mass is 425 g/mol. The maximum atomic E-state index is 13.1. The molecule has 0 radical (unpaired) electrons. The van der Waals surface area contributed by atoms with Gasteiger partial charge in [-0.15, -0.1) is 0 Å². The minimum absolute atomic E-state index is 0.0372. The molecule has 2 aliphatic rings. The molecular weight excluding hydrogens is 393 g/mol. The van der Waals surface area contributed by atoms with Crippen LogP contribution in [0.5, 0.6) is 0 Å². The van der Waals surface area contributed by atoms with Crippen LogP contribution in [0, 0.1) is 12.7 Å². The Morgan fingerprint density at radius 1 is 1.19 bits per heavy atom. The Kier molecular flexibility index (Phi) is 6.80. The highest BCUT2D eigenvalue weighted by atomic mass is 19.1. The largest absolute Gasteiger partial charge is 0.341 e. The minimum atomic E-state index is -0.353. The summed E-state index contributed by atoms with van der Waals surface area (Å²) in [4.78, 5) is 26.4. The van der Waals surface area contributed by atoms with E-state index >= 15 is 0 Å². The Bertz CT molecular complexity index is 889. The maximum Gasteiger partial charge on any atom is 0.239 e. The Labute approximate surface area is 183 Å². The fourth-order valence-electron chi connectivity index (χ4n) is 4.82. The fourth-order valence-corrected chi connectivity index (χ4v) is 4.82. The molecule has 2 aliphatic heterocycles. The van der Waals surface area contributed by atoms with Crippen molar-refractivity contribution in [2.45, 2.75) is 57.9 Å². The number of halogens is 1. The zero-order valence-electron chi connectivity index (χ0n) is 18.5. The highest BCUT2D eigenvalue weighted by Crippen LogP contribution is 2.30. The first-order valence-electron chi connectivity index (χ1n) is 11.4. The van der Waals surface area contributed by atoms with Crippen LogP contribution in [-0.4, -0.2) is 57.9 Å². The van der Waals surface area contributed by atoms with Crippen LogP contribution < -0.4 is 5.32 Å². The van der Waals surface area contributed by atoms with Gasteiger partial charge in [-0.25, -0.2) is 9.37 Å². The van der Waals surface area contributed by atoms with Gasteiger partial charge >= 0.3 is 0 Å². The number of hydrogen-bond donors (Lipinski definition) is 1. The molecule has 2 aromatic heterocycles. The van der Waals surface area contributed by atoms with Crippen LogP contribution in [0.3, 0.4) is 0 Å². The first kappa shape index (κ1) is 21.7. The van der Waals surface area contributed by atoms with Gasteiger partial charge in [0.2, 0.25) is 5.91 Å². The lowest BCUT2D eigenvalue weighted by Gasteiger charge is -2.36. The number of carbonyl (C=O) groups is 1. The van der Waals surface area contributed by atoms with Gasteiger partial charge in [0.15, 0.2) is 0 Å². The predicted molar refractivity (Wildman–Crippen MR) is 120 cm³/mol. The van der Waals surface area contributed by atoms with Gasteiger partial charge in [0.05, 0.1) is 12.2 Å². The molecule has 1 atom stereocenters. The molecule has 7 heteroatoms. The number of carbonyl (C=O) groups excluding carboxylic acids is 1. The zero-order valence-corrected chi connectivity index (χ0v) is 18.5. The molecule has 31 heavy (non-hydrogen) atoms. The first-order chi connectivity index (χ1) is 15.0. The summed E-state index contributed by atoms with van der Waals surface area (Å²) in [6, 6.07) is 7.08. The van der Waals surface area contributed by atoms with Crippen LogP contribution in [0.2, 0.25) is 0 Å². The molecular formula is C24H32FN5O. The number of nitrogens with one attached hydrogen (secondary N) is 1. The molecule has 2 saturated heterocycles. The Hall–Kier alpha value is -2.54. The van der Waals surface area contributed by atoms with Gasteiger partial charge in [-0.1, -0.05) is 6.92 Å². The van der Waals surface area contributed by atoms with Crippen LogP contribution in [0.1, 0.15) is 56.3 Å². The van der Waals surface area contributed by atoms with E-state index < -0.39 is 0 Å². The van der Waals surface area contributed by atoms with Crippen LogP contribution in [-0.2, 0) is 4.79 Å². The van der Waals surface area contributed by atoms with E-state index in [0.717, 1.165) is 62.5 Å². The summed E-state index contributed by atoms with van der Waals surface area (Å²) in [5.74, 6) is 0.877. The van der Waals surface area contributed by atoms with Crippen LogP contribution >= 0.6 is 0 Å². The van der Waals surface area contributed by atoms with Crippen LogP contribution in [0.25, 0.3) is 0 Å². The molecule has 0 bridgehead atoms. The fraction of sp³-hybridized carbons (Fsp3) is 0.542. The molecule has 1 N–H and O–H groups in total. The second-order valence-electron chi connectivity index (χ2n) is 8.68. The van der Waals surface area contributed by atoms with E-state index in [9.17, 15) is 9.18 Å². The van der Waals surface area contributed by atoms with Crippen molar-refractivity contribution < 1.29 is 9.18 Å². The summed E-state index contributed by atoms with van der Waals surface area (Å²) >= 11 is 0. The molecule has 0 saturated carbocycles.